The molecule has 2 aliphatic carbocycles. The number of esters is 2. The van der Waals surface area contributed by atoms with Crippen molar-refractivity contribution < 1.29 is 19.1 Å². The Balaban J connectivity index is 0.000000181. The second-order valence-corrected chi connectivity index (χ2v) is 12.0. The molecule has 0 fully saturated rings. The molecule has 0 bridgehead atoms. The Morgan fingerprint density at radius 2 is 0.870 bits per heavy atom. The number of allylic oxidation sites excluding steroid dienone is 4. The monoisotopic (exact) mass is 612 g/mol. The van der Waals surface area contributed by atoms with Gasteiger partial charge in [-0.3, -0.25) is 9.59 Å². The van der Waals surface area contributed by atoms with E-state index < -0.39 is 0 Å². The first-order valence-electron chi connectivity index (χ1n) is 16.4. The lowest BCUT2D eigenvalue weighted by Gasteiger charge is -2.25. The molecule has 0 spiro atoms. The SMILES string of the molecule is COC(=O)[C@@H](c1ccc(-c2ccccc2)cc1)[C@H]1C=CCCC1.COC(=O)[C@H](c1ccc(-c2ccccc2)cc1)[C@@H]1C=CCCC1. The number of carbonyl (C=O) groups is 2. The molecule has 4 atom stereocenters. The van der Waals surface area contributed by atoms with Crippen LogP contribution in [-0.2, 0) is 19.1 Å². The topological polar surface area (TPSA) is 52.6 Å². The molecular formula is C42H44O4. The molecule has 4 heteroatoms. The first kappa shape index (κ1) is 32.7. The maximum absolute atomic E-state index is 12.3. The summed E-state index contributed by atoms with van der Waals surface area (Å²) < 4.78 is 10.1. The molecule has 6 rings (SSSR count). The van der Waals surface area contributed by atoms with E-state index >= 15 is 0 Å². The van der Waals surface area contributed by atoms with Gasteiger partial charge in [0.15, 0.2) is 0 Å². The predicted octanol–water partition coefficient (Wildman–Crippen LogP) is 9.93. The van der Waals surface area contributed by atoms with E-state index in [0.29, 0.717) is 0 Å². The fourth-order valence-corrected chi connectivity index (χ4v) is 6.63. The van der Waals surface area contributed by atoms with Gasteiger partial charge in [-0.05, 0) is 83.7 Å². The molecule has 0 unspecified atom stereocenters. The van der Waals surface area contributed by atoms with Crippen molar-refractivity contribution in [1.82, 2.24) is 0 Å². The predicted molar refractivity (Wildman–Crippen MR) is 186 cm³/mol. The fraction of sp³-hybridized carbons (Fsp3) is 0.286. The number of methoxy groups -OCH3 is 2. The summed E-state index contributed by atoms with van der Waals surface area (Å²) in [5.41, 5.74) is 6.77. The third kappa shape index (κ3) is 8.31. The lowest BCUT2D eigenvalue weighted by molar-refractivity contribution is -0.144. The minimum Gasteiger partial charge on any atom is -0.469 e. The van der Waals surface area contributed by atoms with Gasteiger partial charge < -0.3 is 9.47 Å². The fourth-order valence-electron chi connectivity index (χ4n) is 6.63. The maximum atomic E-state index is 12.3. The number of ether oxygens (including phenoxy) is 2. The molecule has 0 aromatic heterocycles. The number of hydrogen-bond donors (Lipinski definition) is 0. The Labute approximate surface area is 273 Å². The highest BCUT2D eigenvalue weighted by Crippen LogP contribution is 2.36. The van der Waals surface area contributed by atoms with Crippen LogP contribution in [0.5, 0.6) is 0 Å². The van der Waals surface area contributed by atoms with Crippen molar-refractivity contribution in [3.05, 3.63) is 145 Å². The van der Waals surface area contributed by atoms with Crippen LogP contribution in [0.15, 0.2) is 133 Å². The third-order valence-corrected chi connectivity index (χ3v) is 9.10. The van der Waals surface area contributed by atoms with E-state index in [9.17, 15) is 9.59 Å². The van der Waals surface area contributed by atoms with Crippen LogP contribution >= 0.6 is 0 Å². The zero-order chi connectivity index (χ0) is 32.1. The average Bonchev–Trinajstić information content (AvgIpc) is 3.14. The highest BCUT2D eigenvalue weighted by molar-refractivity contribution is 5.80. The molecule has 2 aliphatic rings. The Morgan fingerprint density at radius 3 is 1.17 bits per heavy atom. The number of rotatable bonds is 8. The van der Waals surface area contributed by atoms with Crippen molar-refractivity contribution in [2.45, 2.75) is 50.4 Å². The normalized spacial score (nSPS) is 18.4. The molecule has 4 aromatic carbocycles. The highest BCUT2D eigenvalue weighted by Gasteiger charge is 2.31. The van der Waals surface area contributed by atoms with Crippen LogP contribution in [0.3, 0.4) is 0 Å². The molecular weight excluding hydrogens is 568 g/mol. The molecule has 0 radical (unpaired) electrons. The smallest absolute Gasteiger partial charge is 0.313 e. The Bertz CT molecular complexity index is 1460. The molecule has 0 saturated heterocycles. The van der Waals surface area contributed by atoms with E-state index in [1.165, 1.54) is 25.3 Å². The van der Waals surface area contributed by atoms with Gasteiger partial charge in [0.2, 0.25) is 0 Å². The van der Waals surface area contributed by atoms with E-state index in [2.05, 4.69) is 97.1 Å². The van der Waals surface area contributed by atoms with Gasteiger partial charge in [-0.25, -0.2) is 0 Å². The van der Waals surface area contributed by atoms with Crippen LogP contribution in [0.1, 0.15) is 61.5 Å². The molecule has 0 saturated carbocycles. The van der Waals surface area contributed by atoms with Crippen molar-refractivity contribution in [1.29, 1.82) is 0 Å². The summed E-state index contributed by atoms with van der Waals surface area (Å²) in [7, 11) is 2.94. The molecule has 0 N–H and O–H groups in total. The summed E-state index contributed by atoms with van der Waals surface area (Å²) in [4.78, 5) is 24.6. The molecule has 4 nitrogen and oxygen atoms in total. The molecule has 0 aliphatic heterocycles. The van der Waals surface area contributed by atoms with Crippen molar-refractivity contribution in [3.63, 3.8) is 0 Å². The van der Waals surface area contributed by atoms with Crippen LogP contribution < -0.4 is 0 Å². The van der Waals surface area contributed by atoms with E-state index in [1.54, 1.807) is 0 Å². The molecule has 0 heterocycles. The van der Waals surface area contributed by atoms with E-state index in [0.717, 1.165) is 60.8 Å². The second kappa shape index (κ2) is 16.6. The van der Waals surface area contributed by atoms with Crippen molar-refractivity contribution in [2.75, 3.05) is 14.2 Å². The summed E-state index contributed by atoms with van der Waals surface area (Å²) in [5.74, 6) is -0.233. The van der Waals surface area contributed by atoms with Gasteiger partial charge >= 0.3 is 11.9 Å². The van der Waals surface area contributed by atoms with E-state index in [-0.39, 0.29) is 35.6 Å². The van der Waals surface area contributed by atoms with Crippen LogP contribution in [0, 0.1) is 11.8 Å². The number of benzene rings is 4. The minimum atomic E-state index is -0.207. The lowest BCUT2D eigenvalue weighted by Crippen LogP contribution is -2.23. The van der Waals surface area contributed by atoms with Gasteiger partial charge in [0.1, 0.15) is 0 Å². The highest BCUT2D eigenvalue weighted by atomic mass is 16.5. The zero-order valence-corrected chi connectivity index (χ0v) is 26.9. The number of hydrogen-bond acceptors (Lipinski definition) is 4. The van der Waals surface area contributed by atoms with Gasteiger partial charge in [-0.2, -0.15) is 0 Å². The Hall–Kier alpha value is -4.70. The number of carbonyl (C=O) groups excluding carboxylic acids is 2. The van der Waals surface area contributed by atoms with Gasteiger partial charge in [0.25, 0.3) is 0 Å². The molecule has 0 amide bonds. The molecule has 236 valence electrons. The summed E-state index contributed by atoms with van der Waals surface area (Å²) in [6.07, 6.45) is 15.3. The van der Waals surface area contributed by atoms with Crippen LogP contribution in [0.25, 0.3) is 22.3 Å². The standard InChI is InChI=1S/2C21H22O2/c2*1-23-21(22)20(18-10-6-3-7-11-18)19-14-12-17(13-15-19)16-8-4-2-5-9-16/h2*2,4-6,8-10,12-15,18,20H,3,7,11H2,1H3/t2*18-,20+/m10/s1. The van der Waals surface area contributed by atoms with Crippen molar-refractivity contribution in [2.24, 2.45) is 11.8 Å². The first-order valence-corrected chi connectivity index (χ1v) is 16.4. The van der Waals surface area contributed by atoms with Crippen LogP contribution in [0.2, 0.25) is 0 Å². The summed E-state index contributed by atoms with van der Waals surface area (Å²) in [6, 6.07) is 37.2. The van der Waals surface area contributed by atoms with Gasteiger partial charge in [0, 0.05) is 0 Å². The Morgan fingerprint density at radius 1 is 0.522 bits per heavy atom. The van der Waals surface area contributed by atoms with Crippen LogP contribution in [-0.4, -0.2) is 26.2 Å². The average molecular weight is 613 g/mol. The van der Waals surface area contributed by atoms with Crippen molar-refractivity contribution >= 4 is 11.9 Å². The quantitative estimate of drug-likeness (QED) is 0.147. The maximum Gasteiger partial charge on any atom is 0.313 e. The summed E-state index contributed by atoms with van der Waals surface area (Å²) in [6.45, 7) is 0. The van der Waals surface area contributed by atoms with E-state index in [4.69, 9.17) is 9.47 Å². The largest absolute Gasteiger partial charge is 0.469 e. The zero-order valence-electron chi connectivity index (χ0n) is 26.9. The summed E-state index contributed by atoms with van der Waals surface area (Å²) >= 11 is 0. The molecule has 4 aromatic rings. The first-order chi connectivity index (χ1) is 22.6. The van der Waals surface area contributed by atoms with Crippen molar-refractivity contribution in [3.8, 4) is 22.3 Å². The van der Waals surface area contributed by atoms with Gasteiger partial charge in [-0.15, -0.1) is 0 Å². The lowest BCUT2D eigenvalue weighted by atomic mass is 9.80. The van der Waals surface area contributed by atoms with Crippen LogP contribution in [0.4, 0.5) is 0 Å². The van der Waals surface area contributed by atoms with E-state index in [1.807, 2.05) is 36.4 Å². The Kier molecular flexibility index (Phi) is 11.8. The minimum absolute atomic E-state index is 0.144. The third-order valence-electron chi connectivity index (χ3n) is 9.10. The molecule has 46 heavy (non-hydrogen) atoms. The summed E-state index contributed by atoms with van der Waals surface area (Å²) in [5, 5.41) is 0. The van der Waals surface area contributed by atoms with Gasteiger partial charge in [0.05, 0.1) is 26.1 Å². The second-order valence-electron chi connectivity index (χ2n) is 12.0. The van der Waals surface area contributed by atoms with Gasteiger partial charge in [-0.1, -0.05) is 133 Å².